The van der Waals surface area contributed by atoms with Crippen LogP contribution >= 0.6 is 11.3 Å². The molecule has 0 aromatic carbocycles. The summed E-state index contributed by atoms with van der Waals surface area (Å²) < 4.78 is 23.0. The zero-order valence-corrected chi connectivity index (χ0v) is 12.5. The average Bonchev–Trinajstić information content (AvgIpc) is 2.80. The topological polar surface area (TPSA) is 74.7 Å². The third kappa shape index (κ3) is 3.82. The highest BCUT2D eigenvalue weighted by Gasteiger charge is 2.24. The number of hydrogen-bond donors (Lipinski definition) is 1. The third-order valence-corrected chi connectivity index (χ3v) is 5.65. The van der Waals surface area contributed by atoms with E-state index in [1.54, 1.807) is 17.0 Å². The molecule has 0 radical (unpaired) electrons. The first kappa shape index (κ1) is 15.0. The molecule has 7 heteroatoms. The van der Waals surface area contributed by atoms with E-state index in [0.29, 0.717) is 22.7 Å². The van der Waals surface area contributed by atoms with Crippen LogP contribution in [0.4, 0.5) is 0 Å². The van der Waals surface area contributed by atoms with Crippen LogP contribution in [0.5, 0.6) is 0 Å². The summed E-state index contributed by atoms with van der Waals surface area (Å²) in [4.78, 5) is 15.1. The normalized spacial score (nSPS) is 17.9. The van der Waals surface area contributed by atoms with Gasteiger partial charge in [-0.15, -0.1) is 11.3 Å². The van der Waals surface area contributed by atoms with Gasteiger partial charge in [-0.1, -0.05) is 11.8 Å². The van der Waals surface area contributed by atoms with Crippen molar-refractivity contribution in [2.75, 3.05) is 31.2 Å². The van der Waals surface area contributed by atoms with Gasteiger partial charge < -0.3 is 10.0 Å². The maximum absolute atomic E-state index is 12.3. The number of carbonyl (C=O) groups excluding carboxylic acids is 1. The molecule has 2 heterocycles. The molecule has 0 aliphatic carbocycles. The first-order valence-electron chi connectivity index (χ1n) is 6.21. The number of aliphatic hydroxyl groups is 1. The van der Waals surface area contributed by atoms with Crippen LogP contribution in [-0.2, 0) is 9.84 Å². The summed E-state index contributed by atoms with van der Waals surface area (Å²) >= 11 is 1.26. The average molecular weight is 313 g/mol. The fourth-order valence-electron chi connectivity index (χ4n) is 1.94. The quantitative estimate of drug-likeness (QED) is 0.759. The van der Waals surface area contributed by atoms with Gasteiger partial charge in [0.1, 0.15) is 6.61 Å². The highest BCUT2D eigenvalue weighted by atomic mass is 32.2. The third-order valence-electron chi connectivity index (χ3n) is 2.95. The van der Waals surface area contributed by atoms with Crippen LogP contribution in [-0.4, -0.2) is 55.5 Å². The molecule has 0 bridgehead atoms. The van der Waals surface area contributed by atoms with Gasteiger partial charge in [0.2, 0.25) is 0 Å². The standard InChI is InChI=1S/C13H15NO4S2/c15-8-1-3-11-4-5-12(19-11)13(16)14-6-2-9-20(17,18)10-7-14/h4-5,15H,2,6-10H2. The molecule has 1 saturated heterocycles. The van der Waals surface area contributed by atoms with Crippen molar-refractivity contribution >= 4 is 27.1 Å². The Hall–Kier alpha value is -1.36. The van der Waals surface area contributed by atoms with Gasteiger partial charge in [0, 0.05) is 13.1 Å². The van der Waals surface area contributed by atoms with Gasteiger partial charge in [-0.2, -0.15) is 0 Å². The van der Waals surface area contributed by atoms with Crippen LogP contribution in [0.3, 0.4) is 0 Å². The molecule has 2 rings (SSSR count). The monoisotopic (exact) mass is 313 g/mol. The van der Waals surface area contributed by atoms with E-state index in [-0.39, 0.29) is 30.6 Å². The van der Waals surface area contributed by atoms with Crippen LogP contribution in [0.2, 0.25) is 0 Å². The second-order valence-corrected chi connectivity index (χ2v) is 7.81. The molecule has 0 atom stereocenters. The molecule has 1 aromatic rings. The van der Waals surface area contributed by atoms with E-state index >= 15 is 0 Å². The summed E-state index contributed by atoms with van der Waals surface area (Å²) in [5.41, 5.74) is 0. The van der Waals surface area contributed by atoms with E-state index in [2.05, 4.69) is 11.8 Å². The molecule has 0 spiro atoms. The van der Waals surface area contributed by atoms with Crippen LogP contribution in [0.15, 0.2) is 12.1 Å². The minimum atomic E-state index is -3.02. The molecule has 1 aliphatic rings. The van der Waals surface area contributed by atoms with Crippen molar-refractivity contribution < 1.29 is 18.3 Å². The number of aliphatic hydroxyl groups excluding tert-OH is 1. The van der Waals surface area contributed by atoms with E-state index < -0.39 is 9.84 Å². The van der Waals surface area contributed by atoms with E-state index in [1.807, 2.05) is 0 Å². The minimum Gasteiger partial charge on any atom is -0.384 e. The van der Waals surface area contributed by atoms with Crippen molar-refractivity contribution in [1.82, 2.24) is 4.90 Å². The lowest BCUT2D eigenvalue weighted by atomic mass is 10.3. The Bertz CT molecular complexity index is 651. The molecule has 20 heavy (non-hydrogen) atoms. The zero-order chi connectivity index (χ0) is 14.6. The van der Waals surface area contributed by atoms with E-state index in [1.165, 1.54) is 11.3 Å². The van der Waals surface area contributed by atoms with Crippen LogP contribution in [0, 0.1) is 11.8 Å². The summed E-state index contributed by atoms with van der Waals surface area (Å²) in [5.74, 6) is 5.31. The van der Waals surface area contributed by atoms with Crippen molar-refractivity contribution in [1.29, 1.82) is 0 Å². The number of carbonyl (C=O) groups is 1. The Morgan fingerprint density at radius 3 is 2.90 bits per heavy atom. The molecule has 1 aromatic heterocycles. The predicted octanol–water partition coefficient (Wildman–Crippen LogP) is 0.353. The molecule has 0 saturated carbocycles. The minimum absolute atomic E-state index is 0.0291. The molecule has 0 unspecified atom stereocenters. The lowest BCUT2D eigenvalue weighted by Gasteiger charge is -2.18. The highest BCUT2D eigenvalue weighted by molar-refractivity contribution is 7.91. The molecule has 1 aliphatic heterocycles. The largest absolute Gasteiger partial charge is 0.384 e. The van der Waals surface area contributed by atoms with Crippen molar-refractivity contribution in [3.8, 4) is 11.8 Å². The van der Waals surface area contributed by atoms with Gasteiger partial charge in [-0.05, 0) is 18.6 Å². The Labute approximate surface area is 122 Å². The van der Waals surface area contributed by atoms with Crippen molar-refractivity contribution in [2.45, 2.75) is 6.42 Å². The number of nitrogens with zero attached hydrogens (tertiary/aromatic N) is 1. The smallest absolute Gasteiger partial charge is 0.263 e. The fourth-order valence-corrected chi connectivity index (χ4v) is 4.06. The first-order valence-corrected chi connectivity index (χ1v) is 8.85. The Kier molecular flexibility index (Phi) is 4.81. The SMILES string of the molecule is O=C(c1ccc(C#CCO)s1)N1CCCS(=O)(=O)CC1. The van der Waals surface area contributed by atoms with Crippen molar-refractivity contribution in [3.63, 3.8) is 0 Å². The molecule has 1 fully saturated rings. The fraction of sp³-hybridized carbons (Fsp3) is 0.462. The first-order chi connectivity index (χ1) is 9.52. The predicted molar refractivity (Wildman–Crippen MR) is 77.5 cm³/mol. The Morgan fingerprint density at radius 2 is 2.15 bits per heavy atom. The molecular weight excluding hydrogens is 298 g/mol. The van der Waals surface area contributed by atoms with Gasteiger partial charge in [0.25, 0.3) is 5.91 Å². The highest BCUT2D eigenvalue weighted by Crippen LogP contribution is 2.18. The number of hydrogen-bond acceptors (Lipinski definition) is 5. The van der Waals surface area contributed by atoms with Crippen LogP contribution < -0.4 is 0 Å². The van der Waals surface area contributed by atoms with Crippen LogP contribution in [0.25, 0.3) is 0 Å². The molecular formula is C13H15NO4S2. The Balaban J connectivity index is 2.09. The molecule has 1 amide bonds. The van der Waals surface area contributed by atoms with Gasteiger partial charge in [0.05, 0.1) is 21.3 Å². The summed E-state index contributed by atoms with van der Waals surface area (Å²) in [6, 6.07) is 3.42. The van der Waals surface area contributed by atoms with Gasteiger partial charge in [-0.25, -0.2) is 8.42 Å². The maximum Gasteiger partial charge on any atom is 0.263 e. The summed E-state index contributed by atoms with van der Waals surface area (Å²) in [6.45, 7) is 0.496. The number of amides is 1. The van der Waals surface area contributed by atoms with Crippen LogP contribution in [0.1, 0.15) is 21.0 Å². The number of rotatable bonds is 1. The molecule has 1 N–H and O–H groups in total. The van der Waals surface area contributed by atoms with E-state index in [9.17, 15) is 13.2 Å². The second-order valence-electron chi connectivity index (χ2n) is 4.42. The zero-order valence-electron chi connectivity index (χ0n) is 10.8. The number of thiophene rings is 1. The van der Waals surface area contributed by atoms with Gasteiger partial charge >= 0.3 is 0 Å². The summed E-state index contributed by atoms with van der Waals surface area (Å²) in [6.07, 6.45) is 0.483. The lowest BCUT2D eigenvalue weighted by molar-refractivity contribution is 0.0773. The molecule has 108 valence electrons. The maximum atomic E-state index is 12.3. The van der Waals surface area contributed by atoms with E-state index in [4.69, 9.17) is 5.11 Å². The van der Waals surface area contributed by atoms with Gasteiger partial charge in [0.15, 0.2) is 9.84 Å². The Morgan fingerprint density at radius 1 is 1.35 bits per heavy atom. The summed E-state index contributed by atoms with van der Waals surface area (Å²) in [7, 11) is -3.02. The van der Waals surface area contributed by atoms with E-state index in [0.717, 1.165) is 0 Å². The lowest BCUT2D eigenvalue weighted by Crippen LogP contribution is -2.33. The summed E-state index contributed by atoms with van der Waals surface area (Å²) in [5, 5.41) is 8.63. The van der Waals surface area contributed by atoms with Crippen molar-refractivity contribution in [3.05, 3.63) is 21.9 Å². The van der Waals surface area contributed by atoms with Crippen molar-refractivity contribution in [2.24, 2.45) is 0 Å². The molecule has 5 nitrogen and oxygen atoms in total. The van der Waals surface area contributed by atoms with Gasteiger partial charge in [-0.3, -0.25) is 4.79 Å². The second kappa shape index (κ2) is 6.39. The number of sulfone groups is 1.